The summed E-state index contributed by atoms with van der Waals surface area (Å²) in [6, 6.07) is 6.23. The lowest BCUT2D eigenvalue weighted by Gasteiger charge is -2.14. The second kappa shape index (κ2) is 8.68. The summed E-state index contributed by atoms with van der Waals surface area (Å²) in [6.45, 7) is 0.943. The first-order valence-corrected chi connectivity index (χ1v) is 7.04. The molecule has 0 aliphatic rings. The highest BCUT2D eigenvalue weighted by Crippen LogP contribution is 2.21. The highest BCUT2D eigenvalue weighted by Gasteiger charge is 2.20. The van der Waals surface area contributed by atoms with Crippen molar-refractivity contribution in [2.45, 2.75) is 18.9 Å². The molecule has 0 saturated heterocycles. The third-order valence-corrected chi connectivity index (χ3v) is 3.30. The second-order valence-electron chi connectivity index (χ2n) is 4.22. The monoisotopic (exact) mass is 343 g/mol. The Bertz CT molecular complexity index is 468. The Kier molecular flexibility index (Phi) is 7.21. The van der Waals surface area contributed by atoms with Gasteiger partial charge in [0.2, 0.25) is 5.91 Å². The van der Waals surface area contributed by atoms with E-state index in [0.717, 1.165) is 4.47 Å². The summed E-state index contributed by atoms with van der Waals surface area (Å²) in [5, 5.41) is 14.5. The van der Waals surface area contributed by atoms with E-state index in [1.165, 1.54) is 0 Å². The molecule has 0 aromatic heterocycles. The van der Waals surface area contributed by atoms with E-state index in [1.54, 1.807) is 18.2 Å². The van der Waals surface area contributed by atoms with Gasteiger partial charge in [-0.2, -0.15) is 0 Å². The molecule has 7 heteroatoms. The predicted molar refractivity (Wildman–Crippen MR) is 80.5 cm³/mol. The molecule has 0 aliphatic carbocycles. The van der Waals surface area contributed by atoms with Crippen LogP contribution in [0, 0.1) is 0 Å². The number of carboxylic acid groups (broad SMARTS) is 1. The molecule has 0 fully saturated rings. The van der Waals surface area contributed by atoms with Gasteiger partial charge in [-0.3, -0.25) is 9.59 Å². The Morgan fingerprint density at radius 1 is 1.35 bits per heavy atom. The molecule has 0 unspecified atom stereocenters. The van der Waals surface area contributed by atoms with Crippen molar-refractivity contribution in [3.05, 3.63) is 28.7 Å². The maximum atomic E-state index is 11.9. The van der Waals surface area contributed by atoms with E-state index in [0.29, 0.717) is 25.2 Å². The van der Waals surface area contributed by atoms with Crippen LogP contribution in [0.2, 0.25) is 0 Å². The number of hydrogen-bond acceptors (Lipinski definition) is 4. The number of benzene rings is 1. The molecule has 0 saturated carbocycles. The zero-order valence-electron chi connectivity index (χ0n) is 10.9. The number of hydrogen-bond donors (Lipinski definition) is 4. The molecule has 1 atom stereocenters. The maximum Gasteiger partial charge on any atom is 0.321 e. The van der Waals surface area contributed by atoms with Gasteiger partial charge < -0.3 is 21.5 Å². The van der Waals surface area contributed by atoms with Crippen molar-refractivity contribution in [3.8, 4) is 0 Å². The number of aliphatic carboxylic acids is 1. The summed E-state index contributed by atoms with van der Waals surface area (Å²) in [5.74, 6) is -1.41. The summed E-state index contributed by atoms with van der Waals surface area (Å²) in [7, 11) is 0. The molecule has 0 radical (unpaired) electrons. The second-order valence-corrected chi connectivity index (χ2v) is 5.07. The van der Waals surface area contributed by atoms with Crippen LogP contribution in [-0.4, -0.2) is 36.1 Å². The van der Waals surface area contributed by atoms with E-state index in [2.05, 4.69) is 26.6 Å². The van der Waals surface area contributed by atoms with Gasteiger partial charge in [-0.1, -0.05) is 12.1 Å². The number of rotatable bonds is 8. The summed E-state index contributed by atoms with van der Waals surface area (Å²) in [4.78, 5) is 22.9. The number of carbonyl (C=O) groups excluding carboxylic acids is 1. The number of anilines is 1. The Balaban J connectivity index is 2.54. The van der Waals surface area contributed by atoms with Gasteiger partial charge in [0.05, 0.1) is 12.1 Å². The number of carbonyl (C=O) groups is 2. The Hall–Kier alpha value is -1.44. The van der Waals surface area contributed by atoms with Gasteiger partial charge in [0, 0.05) is 4.47 Å². The van der Waals surface area contributed by atoms with Crippen LogP contribution in [0.4, 0.5) is 5.69 Å². The van der Waals surface area contributed by atoms with Crippen molar-refractivity contribution in [1.82, 2.24) is 5.32 Å². The highest BCUT2D eigenvalue weighted by atomic mass is 79.9. The third kappa shape index (κ3) is 5.68. The molecule has 0 spiro atoms. The standard InChI is InChI=1S/C13H18BrN3O3/c14-9-4-1-2-5-10(9)17-12(18)8-11(13(19)20)16-7-3-6-15/h1-2,4-5,11,16H,3,6-8,15H2,(H,17,18)(H,19,20)/t11-/m1/s1. The van der Waals surface area contributed by atoms with Crippen molar-refractivity contribution >= 4 is 33.5 Å². The number of para-hydroxylation sites is 1. The molecule has 5 N–H and O–H groups in total. The van der Waals surface area contributed by atoms with Crippen LogP contribution >= 0.6 is 15.9 Å². The van der Waals surface area contributed by atoms with E-state index in [9.17, 15) is 9.59 Å². The molecular formula is C13H18BrN3O3. The van der Waals surface area contributed by atoms with Gasteiger partial charge >= 0.3 is 5.97 Å². The smallest absolute Gasteiger partial charge is 0.321 e. The first kappa shape index (κ1) is 16.6. The number of carboxylic acids is 1. The average Bonchev–Trinajstić information content (AvgIpc) is 2.40. The zero-order chi connectivity index (χ0) is 15.0. The topological polar surface area (TPSA) is 104 Å². The molecule has 0 heterocycles. The molecule has 1 amide bonds. The quantitative estimate of drug-likeness (QED) is 0.530. The third-order valence-electron chi connectivity index (χ3n) is 2.61. The summed E-state index contributed by atoms with van der Waals surface area (Å²) < 4.78 is 0.747. The largest absolute Gasteiger partial charge is 0.480 e. The molecule has 0 bridgehead atoms. The number of nitrogens with two attached hydrogens (primary N) is 1. The van der Waals surface area contributed by atoms with Crippen molar-refractivity contribution in [3.63, 3.8) is 0 Å². The fourth-order valence-electron chi connectivity index (χ4n) is 1.57. The lowest BCUT2D eigenvalue weighted by molar-refractivity contribution is -0.141. The molecule has 0 aliphatic heterocycles. The van der Waals surface area contributed by atoms with E-state index in [-0.39, 0.29) is 12.3 Å². The van der Waals surface area contributed by atoms with E-state index < -0.39 is 12.0 Å². The van der Waals surface area contributed by atoms with Crippen LogP contribution in [0.1, 0.15) is 12.8 Å². The molecule has 20 heavy (non-hydrogen) atoms. The molecule has 6 nitrogen and oxygen atoms in total. The van der Waals surface area contributed by atoms with Gasteiger partial charge in [-0.25, -0.2) is 0 Å². The molecule has 1 aromatic carbocycles. The van der Waals surface area contributed by atoms with E-state index in [4.69, 9.17) is 10.8 Å². The number of amides is 1. The van der Waals surface area contributed by atoms with Crippen LogP contribution in [0.5, 0.6) is 0 Å². The van der Waals surface area contributed by atoms with Crippen LogP contribution < -0.4 is 16.4 Å². The molecule has 1 rings (SSSR count). The van der Waals surface area contributed by atoms with Crippen LogP contribution in [-0.2, 0) is 9.59 Å². The average molecular weight is 344 g/mol. The van der Waals surface area contributed by atoms with Crippen molar-refractivity contribution in [1.29, 1.82) is 0 Å². The zero-order valence-corrected chi connectivity index (χ0v) is 12.5. The van der Waals surface area contributed by atoms with Crippen LogP contribution in [0.15, 0.2) is 28.7 Å². The first-order chi connectivity index (χ1) is 9.54. The minimum absolute atomic E-state index is 0.138. The lowest BCUT2D eigenvalue weighted by Crippen LogP contribution is -2.40. The first-order valence-electron chi connectivity index (χ1n) is 6.25. The van der Waals surface area contributed by atoms with Crippen molar-refractivity contribution in [2.75, 3.05) is 18.4 Å². The van der Waals surface area contributed by atoms with E-state index >= 15 is 0 Å². The van der Waals surface area contributed by atoms with Crippen LogP contribution in [0.3, 0.4) is 0 Å². The minimum atomic E-state index is -1.05. The molecule has 1 aromatic rings. The summed E-state index contributed by atoms with van der Waals surface area (Å²) in [5.41, 5.74) is 5.95. The SMILES string of the molecule is NCCCN[C@H](CC(=O)Nc1ccccc1Br)C(=O)O. The molecule has 110 valence electrons. The van der Waals surface area contributed by atoms with Gasteiger partial charge in [-0.15, -0.1) is 0 Å². The van der Waals surface area contributed by atoms with Gasteiger partial charge in [0.25, 0.3) is 0 Å². The van der Waals surface area contributed by atoms with Gasteiger partial charge in [0.1, 0.15) is 6.04 Å². The minimum Gasteiger partial charge on any atom is -0.480 e. The number of halogens is 1. The highest BCUT2D eigenvalue weighted by molar-refractivity contribution is 9.10. The van der Waals surface area contributed by atoms with Crippen molar-refractivity contribution in [2.24, 2.45) is 5.73 Å². The van der Waals surface area contributed by atoms with Crippen molar-refractivity contribution < 1.29 is 14.7 Å². The van der Waals surface area contributed by atoms with Gasteiger partial charge in [-0.05, 0) is 47.6 Å². The Labute approximate surface area is 125 Å². The fourth-order valence-corrected chi connectivity index (χ4v) is 1.96. The van der Waals surface area contributed by atoms with E-state index in [1.807, 2.05) is 6.07 Å². The predicted octanol–water partition coefficient (Wildman–Crippen LogP) is 1.17. The fraction of sp³-hybridized carbons (Fsp3) is 0.385. The Morgan fingerprint density at radius 3 is 2.65 bits per heavy atom. The molecular weight excluding hydrogens is 326 g/mol. The maximum absolute atomic E-state index is 11.9. The van der Waals surface area contributed by atoms with Crippen LogP contribution in [0.25, 0.3) is 0 Å². The number of nitrogens with one attached hydrogen (secondary N) is 2. The normalized spacial score (nSPS) is 11.9. The summed E-state index contributed by atoms with van der Waals surface area (Å²) >= 11 is 3.31. The Morgan fingerprint density at radius 2 is 2.05 bits per heavy atom. The lowest BCUT2D eigenvalue weighted by atomic mass is 10.2. The van der Waals surface area contributed by atoms with Gasteiger partial charge in [0.15, 0.2) is 0 Å². The summed E-state index contributed by atoms with van der Waals surface area (Å²) in [6.07, 6.45) is 0.525.